The third-order valence-electron chi connectivity index (χ3n) is 5.42. The van der Waals surface area contributed by atoms with Crippen LogP contribution in [-0.4, -0.2) is 47.4 Å². The van der Waals surface area contributed by atoms with Crippen molar-refractivity contribution in [3.63, 3.8) is 0 Å². The van der Waals surface area contributed by atoms with Gasteiger partial charge in [0.05, 0.1) is 5.92 Å². The van der Waals surface area contributed by atoms with Crippen LogP contribution in [0.1, 0.15) is 32.1 Å². The van der Waals surface area contributed by atoms with Gasteiger partial charge in [-0.15, -0.1) is 0 Å². The monoisotopic (exact) mass is 344 g/mol. The largest absolute Gasteiger partial charge is 0.481 e. The zero-order valence-electron chi connectivity index (χ0n) is 14.4. The van der Waals surface area contributed by atoms with Crippen molar-refractivity contribution in [2.75, 3.05) is 18.5 Å². The van der Waals surface area contributed by atoms with E-state index < -0.39 is 17.9 Å². The zero-order valence-corrected chi connectivity index (χ0v) is 14.4. The molecule has 2 amide bonds. The van der Waals surface area contributed by atoms with Gasteiger partial charge in [0.1, 0.15) is 6.04 Å². The number of carboxylic acids is 1. The molecule has 6 heteroatoms. The van der Waals surface area contributed by atoms with E-state index in [1.165, 1.54) is 0 Å². The number of amides is 2. The molecule has 1 aliphatic carbocycles. The van der Waals surface area contributed by atoms with Gasteiger partial charge in [0.15, 0.2) is 0 Å². The zero-order chi connectivity index (χ0) is 18.0. The number of carbonyl (C=O) groups excluding carboxylic acids is 2. The van der Waals surface area contributed by atoms with Crippen LogP contribution < -0.4 is 4.90 Å². The summed E-state index contributed by atoms with van der Waals surface area (Å²) in [4.78, 5) is 40.1. The number of aliphatic carboxylic acids is 1. The van der Waals surface area contributed by atoms with E-state index in [0.29, 0.717) is 32.2 Å². The van der Waals surface area contributed by atoms with E-state index in [9.17, 15) is 14.4 Å². The second kappa shape index (κ2) is 7.25. The van der Waals surface area contributed by atoms with Crippen molar-refractivity contribution >= 4 is 23.5 Å². The van der Waals surface area contributed by atoms with Gasteiger partial charge in [0.25, 0.3) is 0 Å². The summed E-state index contributed by atoms with van der Waals surface area (Å²) in [5, 5.41) is 9.12. The number of carboxylic acid groups (broad SMARTS) is 1. The summed E-state index contributed by atoms with van der Waals surface area (Å²) < 4.78 is 0. The second-order valence-electron chi connectivity index (χ2n) is 6.98. The van der Waals surface area contributed by atoms with Crippen molar-refractivity contribution in [1.82, 2.24) is 4.90 Å². The SMILES string of the molecule is CN(C(=O)[C@@H]1CC[C@H](C(=O)O)C1)C1CCCN(c2ccccc2)C1=O. The Morgan fingerprint density at radius 3 is 2.44 bits per heavy atom. The van der Waals surface area contributed by atoms with Gasteiger partial charge >= 0.3 is 5.97 Å². The molecule has 0 bridgehead atoms. The molecule has 2 fully saturated rings. The van der Waals surface area contributed by atoms with E-state index in [-0.39, 0.29) is 17.7 Å². The van der Waals surface area contributed by atoms with Crippen LogP contribution in [-0.2, 0) is 14.4 Å². The third-order valence-corrected chi connectivity index (χ3v) is 5.42. The summed E-state index contributed by atoms with van der Waals surface area (Å²) in [6.45, 7) is 0.659. The standard InChI is InChI=1S/C19H24N2O4/c1-20(17(22)13-9-10-14(12-13)19(24)25)16-8-5-11-21(18(16)23)15-6-3-2-4-7-15/h2-4,6-7,13-14,16H,5,8-12H2,1H3,(H,24,25)/t13-,14+,16?/m1/s1. The molecular formula is C19H24N2O4. The maximum absolute atomic E-state index is 12.9. The molecule has 1 saturated carbocycles. The molecule has 0 spiro atoms. The Balaban J connectivity index is 1.69. The van der Waals surface area contributed by atoms with E-state index in [0.717, 1.165) is 12.1 Å². The first-order chi connectivity index (χ1) is 12.0. The molecule has 1 aromatic carbocycles. The van der Waals surface area contributed by atoms with E-state index in [2.05, 4.69) is 0 Å². The number of likely N-dealkylation sites (N-methyl/N-ethyl adjacent to an activating group) is 1. The number of rotatable bonds is 4. The first-order valence-corrected chi connectivity index (χ1v) is 8.85. The smallest absolute Gasteiger partial charge is 0.306 e. The fourth-order valence-electron chi connectivity index (χ4n) is 3.95. The topological polar surface area (TPSA) is 77.9 Å². The summed E-state index contributed by atoms with van der Waals surface area (Å²) in [5.41, 5.74) is 0.852. The van der Waals surface area contributed by atoms with Crippen molar-refractivity contribution in [1.29, 1.82) is 0 Å². The van der Waals surface area contributed by atoms with Crippen LogP contribution in [0.25, 0.3) is 0 Å². The van der Waals surface area contributed by atoms with E-state index >= 15 is 0 Å². The van der Waals surface area contributed by atoms with Gasteiger partial charge in [-0.1, -0.05) is 18.2 Å². The fraction of sp³-hybridized carbons (Fsp3) is 0.526. The molecule has 1 N–H and O–H groups in total. The highest BCUT2D eigenvalue weighted by Crippen LogP contribution is 2.33. The molecule has 1 aliphatic heterocycles. The maximum atomic E-state index is 12.9. The van der Waals surface area contributed by atoms with Crippen molar-refractivity contribution in [2.24, 2.45) is 11.8 Å². The minimum Gasteiger partial charge on any atom is -0.481 e. The first kappa shape index (κ1) is 17.5. The molecule has 1 unspecified atom stereocenters. The molecule has 134 valence electrons. The number of para-hydroxylation sites is 1. The van der Waals surface area contributed by atoms with E-state index in [1.54, 1.807) is 16.8 Å². The van der Waals surface area contributed by atoms with Crippen molar-refractivity contribution in [2.45, 2.75) is 38.1 Å². The molecule has 2 aliphatic rings. The summed E-state index contributed by atoms with van der Waals surface area (Å²) in [5.74, 6) is -1.71. The number of nitrogens with zero attached hydrogens (tertiary/aromatic N) is 2. The number of carbonyl (C=O) groups is 3. The Kier molecular flexibility index (Phi) is 5.06. The van der Waals surface area contributed by atoms with Crippen LogP contribution in [0.5, 0.6) is 0 Å². The molecule has 3 rings (SSSR count). The Morgan fingerprint density at radius 2 is 1.80 bits per heavy atom. The van der Waals surface area contributed by atoms with Gasteiger partial charge in [0.2, 0.25) is 11.8 Å². The average Bonchev–Trinajstić information content (AvgIpc) is 3.12. The van der Waals surface area contributed by atoms with Crippen molar-refractivity contribution in [3.05, 3.63) is 30.3 Å². The number of benzene rings is 1. The third kappa shape index (κ3) is 3.52. The van der Waals surface area contributed by atoms with Gasteiger partial charge in [-0.3, -0.25) is 14.4 Å². The minimum absolute atomic E-state index is 0.0546. The molecule has 3 atom stereocenters. The summed E-state index contributed by atoms with van der Waals surface area (Å²) in [6.07, 6.45) is 2.99. The molecule has 0 aromatic heterocycles. The Morgan fingerprint density at radius 1 is 1.12 bits per heavy atom. The normalized spacial score (nSPS) is 26.5. The van der Waals surface area contributed by atoms with Gasteiger partial charge in [-0.25, -0.2) is 0 Å². The van der Waals surface area contributed by atoms with Gasteiger partial charge in [-0.05, 0) is 44.2 Å². The highest BCUT2D eigenvalue weighted by molar-refractivity contribution is 6.00. The predicted molar refractivity (Wildman–Crippen MR) is 93.1 cm³/mol. The molecule has 25 heavy (non-hydrogen) atoms. The second-order valence-corrected chi connectivity index (χ2v) is 6.98. The van der Waals surface area contributed by atoms with Crippen LogP contribution in [0.4, 0.5) is 5.69 Å². The fourth-order valence-corrected chi connectivity index (χ4v) is 3.95. The predicted octanol–water partition coefficient (Wildman–Crippen LogP) is 2.14. The lowest BCUT2D eigenvalue weighted by Gasteiger charge is -2.37. The number of hydrogen-bond acceptors (Lipinski definition) is 3. The average molecular weight is 344 g/mol. The Labute approximate surface area is 147 Å². The molecule has 1 saturated heterocycles. The number of anilines is 1. The molecule has 0 radical (unpaired) electrons. The Hall–Kier alpha value is -2.37. The molecule has 6 nitrogen and oxygen atoms in total. The quantitative estimate of drug-likeness (QED) is 0.908. The lowest BCUT2D eigenvalue weighted by Crippen LogP contribution is -2.54. The summed E-state index contributed by atoms with van der Waals surface area (Å²) >= 11 is 0. The van der Waals surface area contributed by atoms with Gasteiger partial charge in [0, 0.05) is 25.2 Å². The van der Waals surface area contributed by atoms with Crippen LogP contribution in [0, 0.1) is 11.8 Å². The first-order valence-electron chi connectivity index (χ1n) is 8.85. The van der Waals surface area contributed by atoms with Crippen molar-refractivity contribution in [3.8, 4) is 0 Å². The van der Waals surface area contributed by atoms with Gasteiger partial charge in [-0.2, -0.15) is 0 Å². The summed E-state index contributed by atoms with van der Waals surface area (Å²) in [7, 11) is 1.67. The van der Waals surface area contributed by atoms with Crippen LogP contribution in [0.3, 0.4) is 0 Å². The minimum atomic E-state index is -0.832. The van der Waals surface area contributed by atoms with E-state index in [4.69, 9.17) is 5.11 Å². The Bertz CT molecular complexity index is 661. The number of piperidine rings is 1. The lowest BCUT2D eigenvalue weighted by molar-refractivity contribution is -0.143. The van der Waals surface area contributed by atoms with Crippen LogP contribution in [0.15, 0.2) is 30.3 Å². The highest BCUT2D eigenvalue weighted by atomic mass is 16.4. The van der Waals surface area contributed by atoms with E-state index in [1.807, 2.05) is 30.3 Å². The molecule has 1 aromatic rings. The van der Waals surface area contributed by atoms with Crippen LogP contribution >= 0.6 is 0 Å². The number of hydrogen-bond donors (Lipinski definition) is 1. The maximum Gasteiger partial charge on any atom is 0.306 e. The highest BCUT2D eigenvalue weighted by Gasteiger charge is 2.40. The molecule has 1 heterocycles. The van der Waals surface area contributed by atoms with Crippen LogP contribution in [0.2, 0.25) is 0 Å². The van der Waals surface area contributed by atoms with Crippen molar-refractivity contribution < 1.29 is 19.5 Å². The molecular weight excluding hydrogens is 320 g/mol. The summed E-state index contributed by atoms with van der Waals surface area (Å²) in [6, 6.07) is 9.03. The van der Waals surface area contributed by atoms with Gasteiger partial charge < -0.3 is 14.9 Å². The lowest BCUT2D eigenvalue weighted by atomic mass is 9.99.